The maximum Gasteiger partial charge on any atom is 0.195 e. The summed E-state index contributed by atoms with van der Waals surface area (Å²) in [4.78, 5) is 0. The standard InChI is InChI=1S/2C20H42OSi2.C18H32Si2.C17H32Si2.C13H30OSi.C10H24OSi/c2*1-11-14-17-23(12-2,13-3)18-15-16-22(10,20(7,8)9)21-19(4,5)6;1-7-16-20(11-5,12-6)18-15-13-14-17-19(8-2,9-3)10-4;1-7-15-19(10-4,11-5)17-14-12-13-16-18(6,8-2)9-3;1-9-10-11-15(8,13(5,6)7)14-12(2,3)4;1-9(2,3)11-12(7,8)10(4,5)6/h2*12-13H,2-3,11,14-18H2,1,4-10H3;8-12H,2-7,13-18H2,1H3;8-11H,2-5,7,12-17H2,1,6H3;9-11H2,1-8H3;1-8H3. The summed E-state index contributed by atoms with van der Waals surface area (Å²) in [5.74, 6) is 0. The van der Waals surface area contributed by atoms with E-state index in [1.807, 2.05) is 0 Å². The Morgan fingerprint density at radius 1 is 0.205 bits per heavy atom. The third-order valence-electron chi connectivity index (χ3n) is 24.7. The molecule has 3 atom stereocenters. The fourth-order valence-electron chi connectivity index (χ4n) is 14.2. The number of hydrogen-bond donors (Lipinski definition) is 0. The summed E-state index contributed by atoms with van der Waals surface area (Å²) in [6, 6.07) is 16.7. The van der Waals surface area contributed by atoms with Crippen molar-refractivity contribution in [3.8, 4) is 0 Å². The van der Waals surface area contributed by atoms with Gasteiger partial charge in [0.1, 0.15) is 40.4 Å². The summed E-state index contributed by atoms with van der Waals surface area (Å²) in [5.41, 5.74) is 28.4. The molecule has 14 heteroatoms. The van der Waals surface area contributed by atoms with Gasteiger partial charge in [0, 0.05) is 22.4 Å². The van der Waals surface area contributed by atoms with Crippen molar-refractivity contribution in [3.63, 3.8) is 0 Å². The molecule has 0 aromatic rings. The van der Waals surface area contributed by atoms with Crippen molar-refractivity contribution in [3.05, 3.63) is 160 Å². The molecular formula is C98H202O4Si10. The fraction of sp³-hybridized carbons (Fsp3) is 0.735. The number of unbranched alkanes of at least 4 members (excludes halogenated alkanes) is 7. The average molecular weight is 1730 g/mol. The van der Waals surface area contributed by atoms with Gasteiger partial charge in [-0.3, -0.25) is 0 Å². The van der Waals surface area contributed by atoms with E-state index >= 15 is 0 Å². The minimum Gasteiger partial charge on any atom is -0.412 e. The molecule has 0 fully saturated rings. The minimum absolute atomic E-state index is 0.00198. The molecule has 658 valence electrons. The average Bonchev–Trinajstić information content (AvgIpc) is 0.814. The van der Waals surface area contributed by atoms with Crippen molar-refractivity contribution < 1.29 is 17.7 Å². The van der Waals surface area contributed by atoms with Gasteiger partial charge in [-0.05, 0) is 160 Å². The van der Waals surface area contributed by atoms with Gasteiger partial charge in [-0.1, -0.05) is 355 Å². The van der Waals surface area contributed by atoms with Crippen LogP contribution in [0.25, 0.3) is 0 Å². The van der Waals surface area contributed by atoms with Gasteiger partial charge in [0.15, 0.2) is 33.3 Å². The van der Waals surface area contributed by atoms with E-state index in [9.17, 15) is 0 Å². The molecule has 0 spiro atoms. The first-order valence-electron chi connectivity index (χ1n) is 44.8. The van der Waals surface area contributed by atoms with Crippen LogP contribution in [-0.4, -0.2) is 104 Å². The Labute approximate surface area is 717 Å². The van der Waals surface area contributed by atoms with Crippen molar-refractivity contribution in [1.82, 2.24) is 0 Å². The highest BCUT2D eigenvalue weighted by atomic mass is 28.4. The number of rotatable bonds is 50. The second kappa shape index (κ2) is 55.5. The summed E-state index contributed by atoms with van der Waals surface area (Å²) in [6.07, 6.45) is 20.5. The summed E-state index contributed by atoms with van der Waals surface area (Å²) in [5, 5.41) is 1.17. The van der Waals surface area contributed by atoms with Crippen LogP contribution >= 0.6 is 0 Å². The molecule has 0 saturated heterocycles. The molecule has 0 radical (unpaired) electrons. The van der Waals surface area contributed by atoms with Crippen molar-refractivity contribution in [2.45, 2.75) is 464 Å². The van der Waals surface area contributed by atoms with Crippen LogP contribution in [0.2, 0.25) is 138 Å². The van der Waals surface area contributed by atoms with E-state index in [2.05, 4.69) is 400 Å². The predicted octanol–water partition coefficient (Wildman–Crippen LogP) is 35.4. The van der Waals surface area contributed by atoms with E-state index in [4.69, 9.17) is 17.7 Å². The van der Waals surface area contributed by atoms with Crippen molar-refractivity contribution in [1.29, 1.82) is 0 Å². The molecule has 0 bridgehead atoms. The van der Waals surface area contributed by atoms with Gasteiger partial charge in [-0.2, -0.15) is 0 Å². The summed E-state index contributed by atoms with van der Waals surface area (Å²) in [6.45, 7) is 132. The van der Waals surface area contributed by atoms with Crippen LogP contribution in [0, 0.1) is 0 Å². The molecular weight excluding hydrogens is 1520 g/mol. The molecule has 0 amide bonds. The lowest BCUT2D eigenvalue weighted by Crippen LogP contribution is -2.49. The molecule has 0 aromatic heterocycles. The highest BCUT2D eigenvalue weighted by Crippen LogP contribution is 2.47. The molecule has 0 rings (SSSR count). The van der Waals surface area contributed by atoms with Crippen LogP contribution in [0.1, 0.15) is 304 Å². The van der Waals surface area contributed by atoms with Crippen LogP contribution in [0.5, 0.6) is 0 Å². The lowest BCUT2D eigenvalue weighted by atomic mass is 10.2. The molecule has 3 unspecified atom stereocenters. The highest BCUT2D eigenvalue weighted by molar-refractivity contribution is 6.93. The van der Waals surface area contributed by atoms with Gasteiger partial charge < -0.3 is 17.7 Å². The molecule has 0 aromatic carbocycles. The van der Waals surface area contributed by atoms with Gasteiger partial charge >= 0.3 is 0 Å². The highest BCUT2D eigenvalue weighted by Gasteiger charge is 2.47. The van der Waals surface area contributed by atoms with Crippen LogP contribution < -0.4 is 0 Å². The second-order valence-corrected chi connectivity index (χ2v) is 87.0. The minimum atomic E-state index is -1.79. The van der Waals surface area contributed by atoms with Gasteiger partial charge in [-0.15, -0.1) is 85.5 Å². The largest absolute Gasteiger partial charge is 0.412 e. The lowest BCUT2D eigenvalue weighted by molar-refractivity contribution is 0.108. The quantitative estimate of drug-likeness (QED) is 0.0449. The van der Waals surface area contributed by atoms with E-state index in [0.29, 0.717) is 10.1 Å². The Kier molecular flexibility index (Phi) is 60.2. The Morgan fingerprint density at radius 3 is 0.616 bits per heavy atom. The van der Waals surface area contributed by atoms with Crippen LogP contribution in [0.4, 0.5) is 0 Å². The summed E-state index contributed by atoms with van der Waals surface area (Å²) in [7, 11) is -15.4. The Bertz CT molecular complexity index is 2520. The SMILES string of the molecule is C=C[Si](C)(C=C)CCCCC[Si](C=C)(C=C)CCC.C=C[Si](C=C)(C=C)CCCCC[Si](C=C)(C=C)CCC.C=C[Si](C=C)(CCCC)CCC[Si](C)(OC(C)(C)C)C(C)(C)C.C=C[Si](C=C)(CCCC)CCC[Si](C)(OC(C)(C)C)C(C)(C)C.CC(C)(C)O[Si](C)(C)C(C)(C)C.CCCC[Si](C)(OC(C)(C)C)C(C)(C)C. The van der Waals surface area contributed by atoms with E-state index in [1.54, 1.807) is 0 Å². The van der Waals surface area contributed by atoms with Crippen molar-refractivity contribution in [2.24, 2.45) is 0 Å². The summed E-state index contributed by atoms with van der Waals surface area (Å²) >= 11 is 0. The zero-order valence-corrected chi connectivity index (χ0v) is 92.8. The molecule has 0 N–H and O–H groups in total. The van der Waals surface area contributed by atoms with Crippen LogP contribution in [-0.2, 0) is 17.7 Å². The Balaban J connectivity index is -0.000000304. The van der Waals surface area contributed by atoms with E-state index < -0.39 is 81.7 Å². The van der Waals surface area contributed by atoms with Crippen molar-refractivity contribution in [2.75, 3.05) is 0 Å². The van der Waals surface area contributed by atoms with Gasteiger partial charge in [0.2, 0.25) is 0 Å². The molecule has 0 saturated carbocycles. The first-order chi connectivity index (χ1) is 50.7. The van der Waals surface area contributed by atoms with E-state index in [0.717, 1.165) is 0 Å². The van der Waals surface area contributed by atoms with Crippen LogP contribution in [0.15, 0.2) is 160 Å². The van der Waals surface area contributed by atoms with Crippen molar-refractivity contribution >= 4 is 81.7 Å². The molecule has 0 aliphatic heterocycles. The molecule has 4 nitrogen and oxygen atoms in total. The molecule has 112 heavy (non-hydrogen) atoms. The Morgan fingerprint density at radius 2 is 0.420 bits per heavy atom. The topological polar surface area (TPSA) is 36.9 Å². The first-order valence-corrected chi connectivity index (χ1v) is 71.2. The zero-order chi connectivity index (χ0) is 89.5. The molecule has 0 aliphatic carbocycles. The van der Waals surface area contributed by atoms with Gasteiger partial charge in [-0.25, -0.2) is 0 Å². The summed E-state index contributed by atoms with van der Waals surface area (Å²) < 4.78 is 25.9. The maximum atomic E-state index is 6.66. The molecule has 0 aliphatic rings. The lowest BCUT2D eigenvalue weighted by Gasteiger charge is -2.44. The fourth-order valence-corrected chi connectivity index (χ4v) is 42.8. The van der Waals surface area contributed by atoms with Gasteiger partial charge in [0.05, 0.1) is 8.07 Å². The Hall–Kier alpha value is -1.37. The monoisotopic (exact) mass is 1720 g/mol. The van der Waals surface area contributed by atoms with Gasteiger partial charge in [0.25, 0.3) is 0 Å². The first kappa shape index (κ1) is 121. The zero-order valence-electron chi connectivity index (χ0n) is 82.8. The van der Waals surface area contributed by atoms with E-state index in [-0.39, 0.29) is 32.5 Å². The second-order valence-electron chi connectivity index (χ2n) is 42.9. The van der Waals surface area contributed by atoms with E-state index in [1.165, 1.54) is 181 Å². The number of hydrogen-bond acceptors (Lipinski definition) is 4. The normalized spacial score (nSPS) is 14.6. The third kappa shape index (κ3) is 51.3. The van der Waals surface area contributed by atoms with Crippen LogP contribution in [0.3, 0.4) is 0 Å². The molecule has 0 heterocycles. The predicted molar refractivity (Wildman–Crippen MR) is 552 cm³/mol. The smallest absolute Gasteiger partial charge is 0.195 e. The maximum absolute atomic E-state index is 6.66. The third-order valence-corrected chi connectivity index (χ3v) is 69.9.